The SMILES string of the molecule is CC(=NO)C(C)=NNC(N)=S. The molecule has 0 aliphatic carbocycles. The molecule has 0 fully saturated rings. The third-order valence-electron chi connectivity index (χ3n) is 1.01. The van der Waals surface area contributed by atoms with Gasteiger partial charge < -0.3 is 10.9 Å². The summed E-state index contributed by atoms with van der Waals surface area (Å²) in [6.07, 6.45) is 0. The Labute approximate surface area is 70.0 Å². The molecule has 0 aromatic carbocycles. The smallest absolute Gasteiger partial charge is 0.184 e. The van der Waals surface area contributed by atoms with E-state index in [9.17, 15) is 0 Å². The summed E-state index contributed by atoms with van der Waals surface area (Å²) in [5.74, 6) is 0. The molecular weight excluding hydrogens is 164 g/mol. The van der Waals surface area contributed by atoms with Crippen LogP contribution in [0.25, 0.3) is 0 Å². The highest BCUT2D eigenvalue weighted by Gasteiger charge is 1.95. The zero-order valence-electron chi connectivity index (χ0n) is 6.33. The van der Waals surface area contributed by atoms with Crippen LogP contribution >= 0.6 is 12.2 Å². The third kappa shape index (κ3) is 4.26. The molecule has 0 radical (unpaired) electrons. The van der Waals surface area contributed by atoms with Gasteiger partial charge in [0.2, 0.25) is 0 Å². The second-order valence-electron chi connectivity index (χ2n) is 1.86. The Morgan fingerprint density at radius 2 is 2.00 bits per heavy atom. The topological polar surface area (TPSA) is 83.0 Å². The minimum Gasteiger partial charge on any atom is -0.411 e. The summed E-state index contributed by atoms with van der Waals surface area (Å²) in [6.45, 7) is 3.28. The van der Waals surface area contributed by atoms with Crippen molar-refractivity contribution in [2.45, 2.75) is 13.8 Å². The maximum Gasteiger partial charge on any atom is 0.184 e. The highest BCUT2D eigenvalue weighted by Crippen LogP contribution is 1.80. The summed E-state index contributed by atoms with van der Waals surface area (Å²) < 4.78 is 0. The maximum atomic E-state index is 8.29. The molecule has 0 saturated heterocycles. The number of hydrogen-bond acceptors (Lipinski definition) is 4. The van der Waals surface area contributed by atoms with Gasteiger partial charge in [0.25, 0.3) is 0 Å². The molecule has 0 aliphatic heterocycles. The first-order valence-corrected chi connectivity index (χ1v) is 3.27. The van der Waals surface area contributed by atoms with Gasteiger partial charge in [-0.25, -0.2) is 0 Å². The molecule has 0 aromatic heterocycles. The molecule has 0 aliphatic rings. The number of nitrogens with zero attached hydrogens (tertiary/aromatic N) is 2. The zero-order chi connectivity index (χ0) is 8.85. The van der Waals surface area contributed by atoms with Crippen LogP contribution in [0.3, 0.4) is 0 Å². The summed E-state index contributed by atoms with van der Waals surface area (Å²) in [5, 5.41) is 15.0. The molecule has 0 unspecified atom stereocenters. The van der Waals surface area contributed by atoms with Crippen LogP contribution in [0, 0.1) is 0 Å². The van der Waals surface area contributed by atoms with E-state index in [1.54, 1.807) is 13.8 Å². The Kier molecular flexibility index (Phi) is 4.12. The van der Waals surface area contributed by atoms with Crippen molar-refractivity contribution in [1.82, 2.24) is 5.43 Å². The molecule has 4 N–H and O–H groups in total. The van der Waals surface area contributed by atoms with Gasteiger partial charge in [-0.1, -0.05) is 5.16 Å². The number of oxime groups is 1. The number of nitrogens with one attached hydrogen (secondary N) is 1. The minimum atomic E-state index is 0.0788. The Morgan fingerprint density at radius 3 is 2.36 bits per heavy atom. The Morgan fingerprint density at radius 1 is 1.45 bits per heavy atom. The van der Waals surface area contributed by atoms with Crippen LogP contribution in [0.5, 0.6) is 0 Å². The van der Waals surface area contributed by atoms with Gasteiger partial charge >= 0.3 is 0 Å². The van der Waals surface area contributed by atoms with E-state index in [4.69, 9.17) is 10.9 Å². The molecule has 0 rings (SSSR count). The van der Waals surface area contributed by atoms with Crippen molar-refractivity contribution in [3.05, 3.63) is 0 Å². The van der Waals surface area contributed by atoms with E-state index in [1.165, 1.54) is 0 Å². The Balaban J connectivity index is 4.12. The van der Waals surface area contributed by atoms with Crippen molar-refractivity contribution >= 4 is 28.8 Å². The van der Waals surface area contributed by atoms with Gasteiger partial charge in [0.05, 0.1) is 11.4 Å². The fraction of sp³-hybridized carbons (Fsp3) is 0.400. The lowest BCUT2D eigenvalue weighted by molar-refractivity contribution is 0.320. The van der Waals surface area contributed by atoms with Gasteiger partial charge in [-0.15, -0.1) is 0 Å². The summed E-state index contributed by atoms with van der Waals surface area (Å²) in [7, 11) is 0. The zero-order valence-corrected chi connectivity index (χ0v) is 7.14. The third-order valence-corrected chi connectivity index (χ3v) is 1.10. The molecule has 0 bridgehead atoms. The van der Waals surface area contributed by atoms with Gasteiger partial charge in [0.1, 0.15) is 0 Å². The van der Waals surface area contributed by atoms with Gasteiger partial charge in [0, 0.05) is 0 Å². The number of thiocarbonyl (C=S) groups is 1. The largest absolute Gasteiger partial charge is 0.411 e. The van der Waals surface area contributed by atoms with Crippen LogP contribution in [0.15, 0.2) is 10.3 Å². The van der Waals surface area contributed by atoms with Crippen LogP contribution in [0.4, 0.5) is 0 Å². The Bertz CT molecular complexity index is 211. The highest BCUT2D eigenvalue weighted by molar-refractivity contribution is 7.80. The van der Waals surface area contributed by atoms with Crippen molar-refractivity contribution in [1.29, 1.82) is 0 Å². The number of nitrogens with two attached hydrogens (primary N) is 1. The highest BCUT2D eigenvalue weighted by atomic mass is 32.1. The van der Waals surface area contributed by atoms with E-state index in [0.29, 0.717) is 11.4 Å². The molecule has 0 aromatic rings. The normalized spacial score (nSPS) is 12.9. The fourth-order valence-corrected chi connectivity index (χ4v) is 0.338. The number of hydrogen-bond donors (Lipinski definition) is 3. The van der Waals surface area contributed by atoms with E-state index in [0.717, 1.165) is 0 Å². The minimum absolute atomic E-state index is 0.0788. The van der Waals surface area contributed by atoms with Gasteiger partial charge in [-0.05, 0) is 26.1 Å². The van der Waals surface area contributed by atoms with Crippen molar-refractivity contribution < 1.29 is 5.21 Å². The lowest BCUT2D eigenvalue weighted by Gasteiger charge is -1.97. The molecule has 5 nitrogen and oxygen atoms in total. The van der Waals surface area contributed by atoms with Crippen LogP contribution in [-0.4, -0.2) is 21.7 Å². The molecular formula is C5H10N4OS. The molecule has 0 heterocycles. The predicted molar refractivity (Wildman–Crippen MR) is 47.9 cm³/mol. The average molecular weight is 174 g/mol. The van der Waals surface area contributed by atoms with Crippen LogP contribution < -0.4 is 11.2 Å². The first kappa shape index (κ1) is 9.83. The first-order valence-electron chi connectivity index (χ1n) is 2.86. The number of hydrazone groups is 1. The first-order chi connectivity index (χ1) is 5.07. The molecule has 0 saturated carbocycles. The van der Waals surface area contributed by atoms with Crippen LogP contribution in [-0.2, 0) is 0 Å². The summed E-state index contributed by atoms with van der Waals surface area (Å²) in [4.78, 5) is 0. The average Bonchev–Trinajstić information content (AvgIpc) is 1.98. The van der Waals surface area contributed by atoms with E-state index in [-0.39, 0.29) is 5.11 Å². The van der Waals surface area contributed by atoms with Crippen molar-refractivity contribution in [3.8, 4) is 0 Å². The number of rotatable bonds is 2. The molecule has 0 amide bonds. The van der Waals surface area contributed by atoms with E-state index >= 15 is 0 Å². The Hall–Kier alpha value is -1.17. The van der Waals surface area contributed by atoms with E-state index in [1.807, 2.05) is 0 Å². The van der Waals surface area contributed by atoms with Gasteiger partial charge in [0.15, 0.2) is 5.11 Å². The van der Waals surface area contributed by atoms with Crippen molar-refractivity contribution in [2.24, 2.45) is 16.0 Å². The molecule has 6 heteroatoms. The quantitative estimate of drug-likeness (QED) is 0.239. The van der Waals surface area contributed by atoms with Crippen LogP contribution in [0.1, 0.15) is 13.8 Å². The molecule has 0 atom stereocenters. The lowest BCUT2D eigenvalue weighted by Crippen LogP contribution is -2.26. The van der Waals surface area contributed by atoms with Crippen molar-refractivity contribution in [3.63, 3.8) is 0 Å². The molecule has 11 heavy (non-hydrogen) atoms. The predicted octanol–water partition coefficient (Wildman–Crippen LogP) is 0.0456. The van der Waals surface area contributed by atoms with Crippen molar-refractivity contribution in [2.75, 3.05) is 0 Å². The molecule has 0 spiro atoms. The van der Waals surface area contributed by atoms with Gasteiger partial charge in [-0.3, -0.25) is 5.43 Å². The maximum absolute atomic E-state index is 8.29. The van der Waals surface area contributed by atoms with Gasteiger partial charge in [-0.2, -0.15) is 5.10 Å². The fourth-order valence-electron chi connectivity index (χ4n) is 0.292. The second kappa shape index (κ2) is 4.62. The molecule has 62 valence electrons. The summed E-state index contributed by atoms with van der Waals surface area (Å²) in [5.41, 5.74) is 8.40. The second-order valence-corrected chi connectivity index (χ2v) is 2.30. The van der Waals surface area contributed by atoms with Crippen LogP contribution in [0.2, 0.25) is 0 Å². The standard InChI is InChI=1S/C5H10N4OS/c1-3(4(2)9-10)7-8-5(6)11/h10H,1-2H3,(H3,6,8,11). The van der Waals surface area contributed by atoms with E-state index in [2.05, 4.69) is 27.9 Å². The monoisotopic (exact) mass is 174 g/mol. The van der Waals surface area contributed by atoms with E-state index < -0.39 is 0 Å². The summed E-state index contributed by atoms with van der Waals surface area (Å²) in [6, 6.07) is 0. The lowest BCUT2D eigenvalue weighted by atomic mass is 10.3. The summed E-state index contributed by atoms with van der Waals surface area (Å²) >= 11 is 4.49.